The molecule has 0 radical (unpaired) electrons. The van der Waals surface area contributed by atoms with E-state index in [1.807, 2.05) is 0 Å². The minimum atomic E-state index is -0.625. The summed E-state index contributed by atoms with van der Waals surface area (Å²) in [7, 11) is 0. The molecule has 0 aromatic heterocycles. The molecular weight excluding hydrogens is 326 g/mol. The van der Waals surface area contributed by atoms with Crippen LogP contribution in [-0.4, -0.2) is 0 Å². The van der Waals surface area contributed by atoms with Crippen LogP contribution in [0.25, 0.3) is 0 Å². The van der Waals surface area contributed by atoms with Crippen molar-refractivity contribution < 1.29 is 8.78 Å². The van der Waals surface area contributed by atoms with Crippen LogP contribution in [-0.2, 0) is 0 Å². The van der Waals surface area contributed by atoms with Crippen molar-refractivity contribution in [2.45, 2.75) is 77.0 Å². The van der Waals surface area contributed by atoms with Crippen molar-refractivity contribution in [3.8, 4) is 0 Å². The summed E-state index contributed by atoms with van der Waals surface area (Å²) in [5, 5.41) is -0.380. The molecule has 1 aromatic carbocycles. The van der Waals surface area contributed by atoms with E-state index in [0.29, 0.717) is 0 Å². The standard InChI is InChI=1S/C21H29ClF2/c1-14-2-4-15(5-3-14)6-7-16-8-10-17(11-9-16)18-12-19(23)21(22)20(24)13-18/h12-17H,2-11H2,1H3. The third kappa shape index (κ3) is 4.50. The Kier molecular flexibility index (Phi) is 6.18. The lowest BCUT2D eigenvalue weighted by molar-refractivity contribution is 0.237. The fraction of sp³-hybridized carbons (Fsp3) is 0.714. The molecule has 2 aliphatic rings. The quantitative estimate of drug-likeness (QED) is 0.491. The number of rotatable bonds is 4. The molecule has 0 bridgehead atoms. The van der Waals surface area contributed by atoms with E-state index in [4.69, 9.17) is 11.6 Å². The van der Waals surface area contributed by atoms with E-state index >= 15 is 0 Å². The molecule has 0 aliphatic heterocycles. The number of benzene rings is 1. The van der Waals surface area contributed by atoms with E-state index in [2.05, 4.69) is 6.92 Å². The second-order valence-corrected chi connectivity index (χ2v) is 8.60. The van der Waals surface area contributed by atoms with Gasteiger partial charge in [0.05, 0.1) is 0 Å². The summed E-state index contributed by atoms with van der Waals surface area (Å²) in [6.45, 7) is 2.37. The van der Waals surface area contributed by atoms with E-state index in [9.17, 15) is 8.78 Å². The van der Waals surface area contributed by atoms with Crippen LogP contribution in [0.15, 0.2) is 12.1 Å². The van der Waals surface area contributed by atoms with Crippen molar-refractivity contribution in [1.82, 2.24) is 0 Å². The van der Waals surface area contributed by atoms with Gasteiger partial charge in [-0.1, -0.05) is 57.0 Å². The molecule has 0 spiro atoms. The zero-order chi connectivity index (χ0) is 17.1. The van der Waals surface area contributed by atoms with Gasteiger partial charge < -0.3 is 0 Å². The minimum Gasteiger partial charge on any atom is -0.205 e. The zero-order valence-electron chi connectivity index (χ0n) is 14.7. The zero-order valence-corrected chi connectivity index (χ0v) is 15.4. The molecule has 1 aromatic rings. The molecule has 3 rings (SSSR count). The van der Waals surface area contributed by atoms with Gasteiger partial charge in [-0.05, 0) is 67.1 Å². The van der Waals surface area contributed by atoms with Crippen molar-refractivity contribution in [3.63, 3.8) is 0 Å². The monoisotopic (exact) mass is 354 g/mol. The lowest BCUT2D eigenvalue weighted by atomic mass is 9.74. The lowest BCUT2D eigenvalue weighted by Gasteiger charge is -2.31. The third-order valence-electron chi connectivity index (χ3n) is 6.44. The summed E-state index contributed by atoms with van der Waals surface area (Å²) in [6, 6.07) is 2.86. The van der Waals surface area contributed by atoms with E-state index in [1.54, 1.807) is 0 Å². The van der Waals surface area contributed by atoms with Gasteiger partial charge in [0.1, 0.15) is 16.7 Å². The fourth-order valence-corrected chi connectivity index (χ4v) is 4.79. The summed E-state index contributed by atoms with van der Waals surface area (Å²) in [6.07, 6.45) is 12.9. The third-order valence-corrected chi connectivity index (χ3v) is 6.80. The Morgan fingerprint density at radius 1 is 0.833 bits per heavy atom. The van der Waals surface area contributed by atoms with Crippen LogP contribution in [0.2, 0.25) is 5.02 Å². The van der Waals surface area contributed by atoms with E-state index in [-0.39, 0.29) is 10.9 Å². The highest BCUT2D eigenvalue weighted by Crippen LogP contribution is 2.40. The Morgan fingerprint density at radius 2 is 1.29 bits per heavy atom. The number of hydrogen-bond donors (Lipinski definition) is 0. The van der Waals surface area contributed by atoms with E-state index < -0.39 is 11.6 Å². The van der Waals surface area contributed by atoms with Crippen LogP contribution < -0.4 is 0 Å². The SMILES string of the molecule is CC1CCC(CCC2CCC(c3cc(F)c(Cl)c(F)c3)CC2)CC1. The number of halogens is 3. The molecule has 0 nitrogen and oxygen atoms in total. The van der Waals surface area contributed by atoms with Crippen LogP contribution in [0.3, 0.4) is 0 Å². The maximum Gasteiger partial charge on any atom is 0.145 e. The van der Waals surface area contributed by atoms with Crippen LogP contribution in [0.4, 0.5) is 8.78 Å². The molecule has 0 N–H and O–H groups in total. The Balaban J connectivity index is 1.46. The first-order valence-electron chi connectivity index (χ1n) is 9.67. The Labute approximate surface area is 150 Å². The van der Waals surface area contributed by atoms with Gasteiger partial charge in [0.25, 0.3) is 0 Å². The Bertz CT molecular complexity index is 518. The molecule has 2 saturated carbocycles. The molecule has 134 valence electrons. The van der Waals surface area contributed by atoms with Gasteiger partial charge in [-0.15, -0.1) is 0 Å². The average molecular weight is 355 g/mol. The predicted molar refractivity (Wildman–Crippen MR) is 96.4 cm³/mol. The smallest absolute Gasteiger partial charge is 0.145 e. The summed E-state index contributed by atoms with van der Waals surface area (Å²) < 4.78 is 27.3. The van der Waals surface area contributed by atoms with Crippen molar-refractivity contribution >= 4 is 11.6 Å². The fourth-order valence-electron chi connectivity index (χ4n) is 4.68. The number of hydrogen-bond acceptors (Lipinski definition) is 0. The molecular formula is C21H29ClF2. The first-order chi connectivity index (χ1) is 11.5. The van der Waals surface area contributed by atoms with Crippen LogP contribution >= 0.6 is 11.6 Å². The Hall–Kier alpha value is -0.630. The summed E-state index contributed by atoms with van der Waals surface area (Å²) >= 11 is 5.59. The predicted octanol–water partition coefficient (Wildman–Crippen LogP) is 7.50. The van der Waals surface area contributed by atoms with Crippen LogP contribution in [0.5, 0.6) is 0 Å². The van der Waals surface area contributed by atoms with Gasteiger partial charge in [0, 0.05) is 0 Å². The molecule has 2 fully saturated rings. The van der Waals surface area contributed by atoms with E-state index in [1.165, 1.54) is 63.5 Å². The molecule has 0 amide bonds. The first-order valence-corrected chi connectivity index (χ1v) is 10.0. The normalized spacial score (nSPS) is 31.2. The summed E-state index contributed by atoms with van der Waals surface area (Å²) in [4.78, 5) is 0. The van der Waals surface area contributed by atoms with E-state index in [0.717, 1.165) is 36.2 Å². The molecule has 0 unspecified atom stereocenters. The second-order valence-electron chi connectivity index (χ2n) is 8.22. The highest BCUT2D eigenvalue weighted by atomic mass is 35.5. The molecule has 0 heterocycles. The largest absolute Gasteiger partial charge is 0.205 e. The molecule has 0 atom stereocenters. The Morgan fingerprint density at radius 3 is 1.79 bits per heavy atom. The average Bonchev–Trinajstić information content (AvgIpc) is 2.59. The van der Waals surface area contributed by atoms with Crippen molar-refractivity contribution in [2.75, 3.05) is 0 Å². The van der Waals surface area contributed by atoms with Gasteiger partial charge >= 0.3 is 0 Å². The maximum absolute atomic E-state index is 13.7. The topological polar surface area (TPSA) is 0 Å². The van der Waals surface area contributed by atoms with Crippen molar-refractivity contribution in [1.29, 1.82) is 0 Å². The molecule has 2 aliphatic carbocycles. The van der Waals surface area contributed by atoms with Crippen LogP contribution in [0.1, 0.15) is 82.6 Å². The lowest BCUT2D eigenvalue weighted by Crippen LogP contribution is -2.17. The maximum atomic E-state index is 13.7. The van der Waals surface area contributed by atoms with Gasteiger partial charge in [-0.3, -0.25) is 0 Å². The molecule has 24 heavy (non-hydrogen) atoms. The van der Waals surface area contributed by atoms with Gasteiger partial charge in [-0.2, -0.15) is 0 Å². The molecule has 3 heteroatoms. The minimum absolute atomic E-state index is 0.290. The highest BCUT2D eigenvalue weighted by Gasteiger charge is 2.25. The van der Waals surface area contributed by atoms with Crippen molar-refractivity contribution in [3.05, 3.63) is 34.4 Å². The van der Waals surface area contributed by atoms with Gasteiger partial charge in [-0.25, -0.2) is 8.78 Å². The molecule has 0 saturated heterocycles. The van der Waals surface area contributed by atoms with Gasteiger partial charge in [0.2, 0.25) is 0 Å². The highest BCUT2D eigenvalue weighted by molar-refractivity contribution is 6.30. The second kappa shape index (κ2) is 8.17. The van der Waals surface area contributed by atoms with Crippen LogP contribution in [0, 0.1) is 29.4 Å². The summed E-state index contributed by atoms with van der Waals surface area (Å²) in [5.41, 5.74) is 0.786. The first kappa shape index (κ1) is 18.2. The van der Waals surface area contributed by atoms with Crippen molar-refractivity contribution in [2.24, 2.45) is 17.8 Å². The summed E-state index contributed by atoms with van der Waals surface area (Å²) in [5.74, 6) is 1.72. The van der Waals surface area contributed by atoms with Gasteiger partial charge in [0.15, 0.2) is 0 Å².